The number of halogens is 1. The molecule has 0 unspecified atom stereocenters. The fraction of sp³-hybridized carbons (Fsp3) is 0.333. The molecular formula is C24H22FNO5. The monoisotopic (exact) mass is 423 g/mol. The van der Waals surface area contributed by atoms with Gasteiger partial charge in [-0.15, -0.1) is 0 Å². The first-order valence-electron chi connectivity index (χ1n) is 10.5. The van der Waals surface area contributed by atoms with Crippen LogP contribution in [0.4, 0.5) is 4.39 Å². The van der Waals surface area contributed by atoms with E-state index in [9.17, 15) is 14.0 Å². The highest BCUT2D eigenvalue weighted by molar-refractivity contribution is 5.99. The third-order valence-electron chi connectivity index (χ3n) is 5.86. The second kappa shape index (κ2) is 7.81. The van der Waals surface area contributed by atoms with Crippen LogP contribution in [0.3, 0.4) is 0 Å². The van der Waals surface area contributed by atoms with Crippen LogP contribution in [0.25, 0.3) is 11.0 Å². The van der Waals surface area contributed by atoms with Gasteiger partial charge >= 0.3 is 0 Å². The minimum Gasteiger partial charge on any atom is -0.494 e. The average Bonchev–Trinajstić information content (AvgIpc) is 3.37. The molecule has 2 aromatic carbocycles. The summed E-state index contributed by atoms with van der Waals surface area (Å²) in [6, 6.07) is 10.4. The molecule has 7 heteroatoms. The minimum atomic E-state index is -0.633. The van der Waals surface area contributed by atoms with Crippen LogP contribution in [0, 0.1) is 5.82 Å². The molecule has 0 saturated carbocycles. The summed E-state index contributed by atoms with van der Waals surface area (Å²) in [5.41, 5.74) is 0.808. The van der Waals surface area contributed by atoms with Crippen molar-refractivity contribution in [2.75, 3.05) is 19.8 Å². The van der Waals surface area contributed by atoms with E-state index in [4.69, 9.17) is 13.9 Å². The number of amides is 1. The summed E-state index contributed by atoms with van der Waals surface area (Å²) in [5, 5.41) is 0.126. The first kappa shape index (κ1) is 19.8. The maximum atomic E-state index is 13.8. The molecule has 0 N–H and O–H groups in total. The van der Waals surface area contributed by atoms with Crippen LogP contribution >= 0.6 is 0 Å². The lowest BCUT2D eigenvalue weighted by atomic mass is 9.98. The summed E-state index contributed by atoms with van der Waals surface area (Å²) in [6.45, 7) is 3.45. The van der Waals surface area contributed by atoms with Crippen molar-refractivity contribution in [2.45, 2.75) is 31.9 Å². The Bertz CT molecular complexity index is 1200. The third kappa shape index (κ3) is 3.39. The molecule has 31 heavy (non-hydrogen) atoms. The molecule has 160 valence electrons. The van der Waals surface area contributed by atoms with Gasteiger partial charge in [0.25, 0.3) is 5.91 Å². The fourth-order valence-corrected chi connectivity index (χ4v) is 4.45. The largest absolute Gasteiger partial charge is 0.494 e. The molecule has 0 aliphatic carbocycles. The van der Waals surface area contributed by atoms with Crippen molar-refractivity contribution in [2.24, 2.45) is 0 Å². The summed E-state index contributed by atoms with van der Waals surface area (Å²) in [5.74, 6) is -0.166. The van der Waals surface area contributed by atoms with Gasteiger partial charge in [-0.2, -0.15) is 0 Å². The second-order valence-corrected chi connectivity index (χ2v) is 7.81. The zero-order valence-corrected chi connectivity index (χ0v) is 17.1. The molecule has 0 spiro atoms. The smallest absolute Gasteiger partial charge is 0.291 e. The summed E-state index contributed by atoms with van der Waals surface area (Å²) in [6.07, 6.45) is 1.70. The van der Waals surface area contributed by atoms with Crippen LogP contribution in [-0.2, 0) is 4.74 Å². The van der Waals surface area contributed by atoms with Crippen LogP contribution < -0.4 is 10.2 Å². The number of carbonyl (C=O) groups is 1. The van der Waals surface area contributed by atoms with E-state index >= 15 is 0 Å². The molecule has 5 rings (SSSR count). The Morgan fingerprint density at radius 3 is 2.68 bits per heavy atom. The first-order valence-corrected chi connectivity index (χ1v) is 10.5. The van der Waals surface area contributed by atoms with Crippen LogP contribution in [0.5, 0.6) is 5.75 Å². The Balaban J connectivity index is 1.66. The van der Waals surface area contributed by atoms with Crippen LogP contribution in [-0.4, -0.2) is 36.7 Å². The standard InChI is InChI=1S/C24H22FNO5/c1-2-29-16-8-5-14(6-9-16)21-20-22(27)18-12-15(25)7-10-19(18)31-23(20)24(28)26(21)13-17-4-3-11-30-17/h5-10,12,17,21H,2-4,11,13H2,1H3/t17-,21+/m0/s1. The van der Waals surface area contributed by atoms with Gasteiger partial charge < -0.3 is 18.8 Å². The van der Waals surface area contributed by atoms with Crippen molar-refractivity contribution in [3.63, 3.8) is 0 Å². The summed E-state index contributed by atoms with van der Waals surface area (Å²) < 4.78 is 30.9. The van der Waals surface area contributed by atoms with Gasteiger partial charge in [-0.25, -0.2) is 4.39 Å². The van der Waals surface area contributed by atoms with Crippen LogP contribution in [0.15, 0.2) is 51.7 Å². The van der Waals surface area contributed by atoms with Crippen LogP contribution in [0.2, 0.25) is 0 Å². The van der Waals surface area contributed by atoms with E-state index in [1.54, 1.807) is 4.90 Å². The van der Waals surface area contributed by atoms with E-state index < -0.39 is 17.3 Å². The van der Waals surface area contributed by atoms with Gasteiger partial charge in [0.2, 0.25) is 5.76 Å². The van der Waals surface area contributed by atoms with Crippen molar-refractivity contribution < 1.29 is 23.1 Å². The number of nitrogens with zero attached hydrogens (tertiary/aromatic N) is 1. The number of fused-ring (bicyclic) bond motifs is 2. The molecule has 3 heterocycles. The Kier molecular flexibility index (Phi) is 4.98. The van der Waals surface area contributed by atoms with Gasteiger partial charge in [0.1, 0.15) is 17.1 Å². The lowest BCUT2D eigenvalue weighted by Gasteiger charge is -2.27. The molecule has 1 aromatic heterocycles. The SMILES string of the molecule is CCOc1ccc([C@@H]2c3c(oc4ccc(F)cc4c3=O)C(=O)N2C[C@@H]2CCCO2)cc1. The number of benzene rings is 2. The van der Waals surface area contributed by atoms with E-state index in [1.807, 2.05) is 31.2 Å². The maximum Gasteiger partial charge on any atom is 0.291 e. The van der Waals surface area contributed by atoms with Gasteiger partial charge in [-0.1, -0.05) is 12.1 Å². The number of rotatable bonds is 5. The Morgan fingerprint density at radius 2 is 1.97 bits per heavy atom. The molecule has 6 nitrogen and oxygen atoms in total. The van der Waals surface area contributed by atoms with Gasteiger partial charge in [0, 0.05) is 13.2 Å². The molecule has 2 aliphatic heterocycles. The average molecular weight is 423 g/mol. The lowest BCUT2D eigenvalue weighted by Crippen LogP contribution is -2.36. The van der Waals surface area contributed by atoms with Gasteiger partial charge in [-0.05, 0) is 55.7 Å². The zero-order valence-electron chi connectivity index (χ0n) is 17.1. The number of ether oxygens (including phenoxy) is 2. The van der Waals surface area contributed by atoms with Crippen molar-refractivity contribution in [1.29, 1.82) is 0 Å². The Hall–Kier alpha value is -3.19. The van der Waals surface area contributed by atoms with E-state index in [0.29, 0.717) is 25.5 Å². The highest BCUT2D eigenvalue weighted by Gasteiger charge is 2.43. The van der Waals surface area contributed by atoms with Gasteiger partial charge in [-0.3, -0.25) is 9.59 Å². The molecule has 1 amide bonds. The molecular weight excluding hydrogens is 401 g/mol. The second-order valence-electron chi connectivity index (χ2n) is 7.81. The van der Waals surface area contributed by atoms with Crippen LogP contribution in [0.1, 0.15) is 47.5 Å². The highest BCUT2D eigenvalue weighted by atomic mass is 19.1. The molecule has 1 saturated heterocycles. The molecule has 0 bridgehead atoms. The summed E-state index contributed by atoms with van der Waals surface area (Å²) >= 11 is 0. The molecule has 0 radical (unpaired) electrons. The fourth-order valence-electron chi connectivity index (χ4n) is 4.45. The number of hydrogen-bond acceptors (Lipinski definition) is 5. The molecule has 2 aliphatic rings. The number of carbonyl (C=O) groups excluding carboxylic acids is 1. The highest BCUT2D eigenvalue weighted by Crippen LogP contribution is 2.39. The van der Waals surface area contributed by atoms with Crippen molar-refractivity contribution in [1.82, 2.24) is 4.90 Å². The van der Waals surface area contributed by atoms with Gasteiger partial charge in [0.05, 0.1) is 29.7 Å². The maximum absolute atomic E-state index is 13.8. The first-order chi connectivity index (χ1) is 15.1. The quantitative estimate of drug-likeness (QED) is 0.619. The normalized spacial score (nSPS) is 20.5. The Morgan fingerprint density at radius 1 is 1.16 bits per heavy atom. The molecule has 2 atom stereocenters. The van der Waals surface area contributed by atoms with Gasteiger partial charge in [0.15, 0.2) is 5.43 Å². The van der Waals surface area contributed by atoms with Crippen molar-refractivity contribution in [3.8, 4) is 5.75 Å². The Labute approximate surface area is 178 Å². The van der Waals surface area contributed by atoms with Crippen molar-refractivity contribution >= 4 is 16.9 Å². The molecule has 3 aromatic rings. The molecule has 1 fully saturated rings. The summed E-state index contributed by atoms with van der Waals surface area (Å²) in [4.78, 5) is 28.4. The zero-order chi connectivity index (χ0) is 21.5. The minimum absolute atomic E-state index is 0.0148. The third-order valence-corrected chi connectivity index (χ3v) is 5.86. The summed E-state index contributed by atoms with van der Waals surface area (Å²) in [7, 11) is 0. The predicted molar refractivity (Wildman–Crippen MR) is 112 cm³/mol. The number of hydrogen-bond donors (Lipinski definition) is 0. The van der Waals surface area contributed by atoms with E-state index in [2.05, 4.69) is 0 Å². The van der Waals surface area contributed by atoms with E-state index in [0.717, 1.165) is 24.5 Å². The van der Waals surface area contributed by atoms with E-state index in [1.165, 1.54) is 12.1 Å². The van der Waals surface area contributed by atoms with E-state index in [-0.39, 0.29) is 34.3 Å². The lowest BCUT2D eigenvalue weighted by molar-refractivity contribution is 0.0486. The predicted octanol–water partition coefficient (Wildman–Crippen LogP) is 4.06. The van der Waals surface area contributed by atoms with Crippen molar-refractivity contribution in [3.05, 3.63) is 75.4 Å². The topological polar surface area (TPSA) is 69.0 Å².